The van der Waals surface area contributed by atoms with E-state index < -0.39 is 17.6 Å². The molecule has 7 heteroatoms. The summed E-state index contributed by atoms with van der Waals surface area (Å²) < 4.78 is 37.9. The second kappa shape index (κ2) is 5.27. The van der Waals surface area contributed by atoms with E-state index in [1.54, 1.807) is 0 Å². The minimum atomic E-state index is -4.50. The molecule has 0 unspecified atom stereocenters. The minimum absolute atomic E-state index is 0.00206. The summed E-state index contributed by atoms with van der Waals surface area (Å²) in [5.74, 6) is -0.583. The van der Waals surface area contributed by atoms with Crippen LogP contribution in [0.4, 0.5) is 18.9 Å². The number of carbonyl (C=O) groups excluding carboxylic acids is 1. The minimum Gasteiger partial charge on any atom is -0.384 e. The maximum Gasteiger partial charge on any atom is 0.418 e. The van der Waals surface area contributed by atoms with Crippen LogP contribution in [0.25, 0.3) is 0 Å². The molecule has 0 radical (unpaired) electrons. The fourth-order valence-corrected chi connectivity index (χ4v) is 1.40. The number of nitrogens with one attached hydrogen (secondary N) is 1. The number of benzene rings is 1. The molecule has 3 N–H and O–H groups in total. The molecular weight excluding hydrogens is 257 g/mol. The van der Waals surface area contributed by atoms with E-state index >= 15 is 0 Å². The van der Waals surface area contributed by atoms with Crippen LogP contribution in [0.1, 0.15) is 12.0 Å². The number of nitrogens with two attached hydrogens (primary N) is 1. The van der Waals surface area contributed by atoms with Gasteiger partial charge in [-0.15, -0.1) is 0 Å². The molecule has 0 saturated heterocycles. The Morgan fingerprint density at radius 1 is 1.41 bits per heavy atom. The van der Waals surface area contributed by atoms with Gasteiger partial charge in [0.05, 0.1) is 5.56 Å². The summed E-state index contributed by atoms with van der Waals surface area (Å²) in [4.78, 5) is 10.5. The molecule has 0 saturated carbocycles. The Labute approximate surface area is 101 Å². The maximum atomic E-state index is 12.6. The third kappa shape index (κ3) is 4.14. The van der Waals surface area contributed by atoms with Crippen LogP contribution in [-0.4, -0.2) is 12.5 Å². The predicted molar refractivity (Wildman–Crippen MR) is 58.8 cm³/mol. The number of carbonyl (C=O) groups is 1. The molecule has 0 aromatic heterocycles. The number of anilines is 1. The van der Waals surface area contributed by atoms with Crippen molar-refractivity contribution in [3.63, 3.8) is 0 Å². The molecule has 0 aliphatic heterocycles. The molecule has 1 rings (SSSR count). The van der Waals surface area contributed by atoms with Gasteiger partial charge in [0.1, 0.15) is 0 Å². The Bertz CT molecular complexity index is 421. The van der Waals surface area contributed by atoms with Crippen LogP contribution in [-0.2, 0) is 11.0 Å². The van der Waals surface area contributed by atoms with Crippen molar-refractivity contribution in [3.8, 4) is 0 Å². The van der Waals surface area contributed by atoms with E-state index in [2.05, 4.69) is 5.32 Å². The van der Waals surface area contributed by atoms with Crippen LogP contribution in [0.3, 0.4) is 0 Å². The van der Waals surface area contributed by atoms with Crippen LogP contribution in [0, 0.1) is 0 Å². The standard InChI is InChI=1S/C10H10ClF3N2O/c11-6-1-2-8(16-4-3-9(15)17)7(5-6)10(12,13)14/h1-2,5,16H,3-4H2,(H2,15,17). The third-order valence-corrected chi connectivity index (χ3v) is 2.21. The number of primary amides is 1. The third-order valence-electron chi connectivity index (χ3n) is 1.97. The first-order chi connectivity index (χ1) is 7.80. The number of hydrogen-bond acceptors (Lipinski definition) is 2. The highest BCUT2D eigenvalue weighted by atomic mass is 35.5. The second-order valence-electron chi connectivity index (χ2n) is 3.33. The molecule has 0 bridgehead atoms. The highest BCUT2D eigenvalue weighted by molar-refractivity contribution is 6.30. The molecule has 0 atom stereocenters. The number of hydrogen-bond donors (Lipinski definition) is 2. The lowest BCUT2D eigenvalue weighted by Crippen LogP contribution is -2.17. The number of alkyl halides is 3. The predicted octanol–water partition coefficient (Wildman–Crippen LogP) is 2.65. The van der Waals surface area contributed by atoms with Crippen molar-refractivity contribution in [1.29, 1.82) is 0 Å². The van der Waals surface area contributed by atoms with Crippen molar-refractivity contribution < 1.29 is 18.0 Å². The number of amides is 1. The fourth-order valence-electron chi connectivity index (χ4n) is 1.23. The van der Waals surface area contributed by atoms with Gasteiger partial charge in [-0.05, 0) is 18.2 Å². The topological polar surface area (TPSA) is 55.1 Å². The Hall–Kier alpha value is -1.43. The summed E-state index contributed by atoms with van der Waals surface area (Å²) in [5, 5.41) is 2.50. The van der Waals surface area contributed by atoms with Gasteiger partial charge in [0.25, 0.3) is 0 Å². The van der Waals surface area contributed by atoms with Crippen LogP contribution in [0.5, 0.6) is 0 Å². The summed E-state index contributed by atoms with van der Waals surface area (Å²) in [6.45, 7) is 0.0417. The van der Waals surface area contributed by atoms with Crippen molar-refractivity contribution in [3.05, 3.63) is 28.8 Å². The first-order valence-corrected chi connectivity index (χ1v) is 5.07. The highest BCUT2D eigenvalue weighted by Gasteiger charge is 2.33. The number of halogens is 4. The maximum absolute atomic E-state index is 12.6. The molecule has 3 nitrogen and oxygen atoms in total. The first-order valence-electron chi connectivity index (χ1n) is 4.69. The van der Waals surface area contributed by atoms with Crippen molar-refractivity contribution in [2.75, 3.05) is 11.9 Å². The van der Waals surface area contributed by atoms with E-state index in [1.807, 2.05) is 0 Å². The van der Waals surface area contributed by atoms with Crippen LogP contribution in [0.15, 0.2) is 18.2 Å². The number of rotatable bonds is 4. The van der Waals surface area contributed by atoms with Gasteiger partial charge in [0.15, 0.2) is 0 Å². The van der Waals surface area contributed by atoms with Crippen LogP contribution >= 0.6 is 11.6 Å². The molecule has 1 aromatic carbocycles. The van der Waals surface area contributed by atoms with E-state index in [1.165, 1.54) is 12.1 Å². The molecule has 94 valence electrons. The Balaban J connectivity index is 2.87. The van der Waals surface area contributed by atoms with Gasteiger partial charge in [-0.2, -0.15) is 13.2 Å². The quantitative estimate of drug-likeness (QED) is 0.880. The summed E-state index contributed by atoms with van der Waals surface area (Å²) in [6, 6.07) is 3.38. The second-order valence-corrected chi connectivity index (χ2v) is 3.77. The van der Waals surface area contributed by atoms with Crippen molar-refractivity contribution >= 4 is 23.2 Å². The van der Waals surface area contributed by atoms with Crippen molar-refractivity contribution in [2.45, 2.75) is 12.6 Å². The lowest BCUT2D eigenvalue weighted by atomic mass is 10.1. The zero-order valence-electron chi connectivity index (χ0n) is 8.64. The zero-order chi connectivity index (χ0) is 13.1. The average molecular weight is 267 g/mol. The largest absolute Gasteiger partial charge is 0.418 e. The van der Waals surface area contributed by atoms with Gasteiger partial charge in [0, 0.05) is 23.7 Å². The van der Waals surface area contributed by atoms with Gasteiger partial charge in [0.2, 0.25) is 5.91 Å². The molecule has 0 heterocycles. The monoisotopic (exact) mass is 266 g/mol. The molecule has 17 heavy (non-hydrogen) atoms. The summed E-state index contributed by atoms with van der Waals surface area (Å²) in [6.07, 6.45) is -4.54. The first kappa shape index (κ1) is 13.6. The van der Waals surface area contributed by atoms with E-state index in [9.17, 15) is 18.0 Å². The lowest BCUT2D eigenvalue weighted by molar-refractivity contribution is -0.137. The van der Waals surface area contributed by atoms with Gasteiger partial charge in [-0.1, -0.05) is 11.6 Å². The normalized spacial score (nSPS) is 11.3. The SMILES string of the molecule is NC(=O)CCNc1ccc(Cl)cc1C(F)(F)F. The van der Waals surface area contributed by atoms with Gasteiger partial charge in [-0.3, -0.25) is 4.79 Å². The smallest absolute Gasteiger partial charge is 0.384 e. The average Bonchev–Trinajstić information content (AvgIpc) is 2.18. The summed E-state index contributed by atoms with van der Waals surface area (Å²) in [7, 11) is 0. The zero-order valence-corrected chi connectivity index (χ0v) is 9.40. The summed E-state index contributed by atoms with van der Waals surface area (Å²) in [5.41, 5.74) is 3.89. The van der Waals surface area contributed by atoms with E-state index in [4.69, 9.17) is 17.3 Å². The molecule has 1 aromatic rings. The van der Waals surface area contributed by atoms with E-state index in [-0.39, 0.29) is 23.7 Å². The molecule has 0 fully saturated rings. The summed E-state index contributed by atoms with van der Waals surface area (Å²) >= 11 is 5.51. The Morgan fingerprint density at radius 3 is 2.59 bits per heavy atom. The van der Waals surface area contributed by atoms with Crippen molar-refractivity contribution in [2.24, 2.45) is 5.73 Å². The van der Waals surface area contributed by atoms with E-state index in [0.717, 1.165) is 6.07 Å². The van der Waals surface area contributed by atoms with Gasteiger partial charge < -0.3 is 11.1 Å². The molecule has 0 aliphatic carbocycles. The van der Waals surface area contributed by atoms with E-state index in [0.29, 0.717) is 0 Å². The van der Waals surface area contributed by atoms with Crippen molar-refractivity contribution in [1.82, 2.24) is 0 Å². The molecule has 1 amide bonds. The molecule has 0 aliphatic rings. The lowest BCUT2D eigenvalue weighted by Gasteiger charge is -2.14. The molecular formula is C10H10ClF3N2O. The fraction of sp³-hybridized carbons (Fsp3) is 0.300. The van der Waals surface area contributed by atoms with Crippen LogP contribution in [0.2, 0.25) is 5.02 Å². The van der Waals surface area contributed by atoms with Gasteiger partial charge in [-0.25, -0.2) is 0 Å². The Kier molecular flexibility index (Phi) is 4.22. The molecule has 0 spiro atoms. The highest BCUT2D eigenvalue weighted by Crippen LogP contribution is 2.36. The Morgan fingerprint density at radius 2 is 2.06 bits per heavy atom. The van der Waals surface area contributed by atoms with Crippen LogP contribution < -0.4 is 11.1 Å². The van der Waals surface area contributed by atoms with Gasteiger partial charge >= 0.3 is 6.18 Å².